The van der Waals surface area contributed by atoms with Gasteiger partial charge in [-0.15, -0.1) is 0 Å². The van der Waals surface area contributed by atoms with Gasteiger partial charge in [0.05, 0.1) is 0 Å². The Morgan fingerprint density at radius 1 is 0.897 bits per heavy atom. The molecule has 12 heteroatoms. The highest BCUT2D eigenvalue weighted by molar-refractivity contribution is 7.87. The van der Waals surface area contributed by atoms with E-state index in [4.69, 9.17) is 9.29 Å². The van der Waals surface area contributed by atoms with E-state index in [0.717, 1.165) is 0 Å². The number of hydrogen-bond acceptors (Lipinski definition) is 4. The maximum absolute atomic E-state index is 14.0. The molecule has 4 aliphatic rings. The predicted molar refractivity (Wildman–Crippen MR) is 87.2 cm³/mol. The summed E-state index contributed by atoms with van der Waals surface area (Å²) in [5, 5.41) is -5.18. The first-order valence-corrected chi connectivity index (χ1v) is 10.8. The molecule has 4 rings (SSSR count). The number of hydrogen-bond donors (Lipinski definition) is 1. The average Bonchev–Trinajstić information content (AvgIpc) is 2.57. The minimum absolute atomic E-state index is 0.0883. The summed E-state index contributed by atoms with van der Waals surface area (Å²) >= 11 is 0. The summed E-state index contributed by atoms with van der Waals surface area (Å²) in [6, 6.07) is 0. The van der Waals surface area contributed by atoms with Crippen LogP contribution in [0.1, 0.15) is 57.8 Å². The summed E-state index contributed by atoms with van der Waals surface area (Å²) in [5.74, 6) is -12.1. The first-order valence-electron chi connectivity index (χ1n) is 9.41. The van der Waals surface area contributed by atoms with Crippen molar-refractivity contribution in [3.63, 3.8) is 0 Å². The molecule has 4 fully saturated rings. The van der Waals surface area contributed by atoms with Gasteiger partial charge >= 0.3 is 33.2 Å². The predicted octanol–water partition coefficient (Wildman–Crippen LogP) is 4.42. The van der Waals surface area contributed by atoms with Crippen molar-refractivity contribution in [2.45, 2.75) is 80.5 Å². The summed E-state index contributed by atoms with van der Waals surface area (Å²) in [4.78, 5) is 11.9. The van der Waals surface area contributed by atoms with E-state index in [2.05, 4.69) is 0 Å². The van der Waals surface area contributed by atoms with Crippen LogP contribution in [0.25, 0.3) is 0 Å². The van der Waals surface area contributed by atoms with E-state index in [-0.39, 0.29) is 38.0 Å². The van der Waals surface area contributed by atoms with Crippen molar-refractivity contribution >= 4 is 16.1 Å². The SMILES string of the molecule is O=C(OC12CC3CCC(F)(F)C(F)(F)CCC(CC(C3)C1)C2)C(F)(F)S(=O)(=O)O. The quantitative estimate of drug-likeness (QED) is 0.390. The Kier molecular flexibility index (Phi) is 5.46. The molecule has 4 bridgehead atoms. The molecule has 2 atom stereocenters. The highest BCUT2D eigenvalue weighted by Crippen LogP contribution is 2.55. The molecule has 168 valence electrons. The number of esters is 1. The Labute approximate surface area is 163 Å². The number of carbonyl (C=O) groups is 1. The van der Waals surface area contributed by atoms with Crippen molar-refractivity contribution in [3.8, 4) is 0 Å². The Morgan fingerprint density at radius 2 is 1.31 bits per heavy atom. The number of carbonyl (C=O) groups excluding carboxylic acids is 1. The van der Waals surface area contributed by atoms with Gasteiger partial charge in [0.1, 0.15) is 5.60 Å². The molecule has 0 aromatic rings. The summed E-state index contributed by atoms with van der Waals surface area (Å²) in [7, 11) is -6.06. The maximum Gasteiger partial charge on any atom is 0.465 e. The molecule has 4 aliphatic carbocycles. The van der Waals surface area contributed by atoms with Gasteiger partial charge in [-0.2, -0.15) is 34.8 Å². The molecule has 5 nitrogen and oxygen atoms in total. The van der Waals surface area contributed by atoms with Crippen LogP contribution < -0.4 is 0 Å². The fourth-order valence-corrected chi connectivity index (χ4v) is 5.52. The zero-order valence-electron chi connectivity index (χ0n) is 15.4. The van der Waals surface area contributed by atoms with E-state index in [1.807, 2.05) is 0 Å². The van der Waals surface area contributed by atoms with E-state index in [0.29, 0.717) is 12.8 Å². The van der Waals surface area contributed by atoms with Crippen LogP contribution in [-0.2, 0) is 19.6 Å². The molecule has 0 aliphatic heterocycles. The minimum atomic E-state index is -6.06. The second-order valence-corrected chi connectivity index (χ2v) is 10.2. The molecule has 29 heavy (non-hydrogen) atoms. The van der Waals surface area contributed by atoms with Crippen molar-refractivity contribution < 1.29 is 48.8 Å². The monoisotopic (exact) mass is 452 g/mol. The van der Waals surface area contributed by atoms with Crippen LogP contribution >= 0.6 is 0 Å². The normalized spacial score (nSPS) is 37.0. The highest BCUT2D eigenvalue weighted by atomic mass is 32.2. The average molecular weight is 452 g/mol. The number of rotatable bonds is 3. The molecule has 0 amide bonds. The molecule has 1 N–H and O–H groups in total. The maximum atomic E-state index is 14.0. The van der Waals surface area contributed by atoms with Gasteiger partial charge in [-0.25, -0.2) is 4.79 Å². The molecule has 2 unspecified atom stereocenters. The van der Waals surface area contributed by atoms with Crippen LogP contribution in [0.15, 0.2) is 0 Å². The van der Waals surface area contributed by atoms with Gasteiger partial charge in [0.2, 0.25) is 0 Å². The third-order valence-corrected chi connectivity index (χ3v) is 7.27. The molecule has 0 heterocycles. The standard InChI is InChI=1S/C17H22F6O5S/c18-15(19)3-1-10-5-12-6-11(2-4-16(15,20)21)8-14(7-10,9-12)28-13(24)17(22,23)29(25,26)27/h10-12H,1-9H2,(H,25,26,27). The van der Waals surface area contributed by atoms with Gasteiger partial charge < -0.3 is 4.74 Å². The van der Waals surface area contributed by atoms with Crippen LogP contribution in [0.2, 0.25) is 0 Å². The second-order valence-electron chi connectivity index (χ2n) is 8.73. The van der Waals surface area contributed by atoms with Gasteiger partial charge in [-0.1, -0.05) is 0 Å². The lowest BCUT2D eigenvalue weighted by Gasteiger charge is -2.50. The van der Waals surface area contributed by atoms with Crippen molar-refractivity contribution in [2.75, 3.05) is 0 Å². The summed E-state index contributed by atoms with van der Waals surface area (Å²) in [5.41, 5.74) is -1.55. The molecule has 4 saturated carbocycles. The van der Waals surface area contributed by atoms with Gasteiger partial charge in [-0.05, 0) is 62.7 Å². The van der Waals surface area contributed by atoms with E-state index in [1.165, 1.54) is 0 Å². The molecular weight excluding hydrogens is 430 g/mol. The Hall–Kier alpha value is -1.04. The Balaban J connectivity index is 1.89. The molecule has 0 saturated heterocycles. The summed E-state index contributed by atoms with van der Waals surface area (Å²) in [6.45, 7) is 0. The summed E-state index contributed by atoms with van der Waals surface area (Å²) < 4.78 is 119. The first kappa shape index (κ1) is 22.6. The molecule has 0 aromatic heterocycles. The van der Waals surface area contributed by atoms with Crippen LogP contribution in [0.4, 0.5) is 26.3 Å². The van der Waals surface area contributed by atoms with E-state index >= 15 is 0 Å². The van der Waals surface area contributed by atoms with Crippen molar-refractivity contribution in [3.05, 3.63) is 0 Å². The van der Waals surface area contributed by atoms with Crippen molar-refractivity contribution in [1.29, 1.82) is 0 Å². The lowest BCUT2D eigenvalue weighted by Crippen LogP contribution is -2.52. The zero-order chi connectivity index (χ0) is 21.9. The van der Waals surface area contributed by atoms with E-state index < -0.39 is 63.5 Å². The van der Waals surface area contributed by atoms with Gasteiger partial charge in [0.15, 0.2) is 0 Å². The highest BCUT2D eigenvalue weighted by Gasteiger charge is 2.60. The Morgan fingerprint density at radius 3 is 1.72 bits per heavy atom. The molecule has 0 radical (unpaired) electrons. The third kappa shape index (κ3) is 4.24. The summed E-state index contributed by atoms with van der Waals surface area (Å²) in [6.07, 6.45) is -1.95. The molecule has 0 aromatic carbocycles. The second kappa shape index (κ2) is 7.00. The van der Waals surface area contributed by atoms with Crippen LogP contribution in [-0.4, -0.2) is 41.6 Å². The Bertz CT molecular complexity index is 738. The van der Waals surface area contributed by atoms with Crippen LogP contribution in [0.5, 0.6) is 0 Å². The van der Waals surface area contributed by atoms with Crippen molar-refractivity contribution in [1.82, 2.24) is 0 Å². The molecule has 0 spiro atoms. The smallest absolute Gasteiger partial charge is 0.454 e. The lowest BCUT2D eigenvalue weighted by molar-refractivity contribution is -0.217. The first-order chi connectivity index (χ1) is 13.1. The van der Waals surface area contributed by atoms with E-state index in [9.17, 15) is 39.6 Å². The van der Waals surface area contributed by atoms with Crippen LogP contribution in [0, 0.1) is 17.8 Å². The number of alkyl halides is 6. The minimum Gasteiger partial charge on any atom is -0.454 e. The van der Waals surface area contributed by atoms with Gasteiger partial charge in [0, 0.05) is 12.8 Å². The number of ether oxygens (including phenoxy) is 1. The zero-order valence-corrected chi connectivity index (χ0v) is 16.2. The van der Waals surface area contributed by atoms with Gasteiger partial charge in [-0.3, -0.25) is 4.55 Å². The molecular formula is C17H22F6O5S. The largest absolute Gasteiger partial charge is 0.465 e. The number of fused-ring (bicyclic) bond motifs is 5. The fraction of sp³-hybridized carbons (Fsp3) is 0.941. The fourth-order valence-electron chi connectivity index (χ4n) is 5.26. The number of halogens is 6. The van der Waals surface area contributed by atoms with Crippen LogP contribution in [0.3, 0.4) is 0 Å². The third-order valence-electron chi connectivity index (χ3n) is 6.45. The van der Waals surface area contributed by atoms with Crippen molar-refractivity contribution in [2.24, 2.45) is 17.8 Å². The van der Waals surface area contributed by atoms with E-state index in [1.54, 1.807) is 0 Å². The lowest BCUT2D eigenvalue weighted by atomic mass is 9.61. The van der Waals surface area contributed by atoms with Gasteiger partial charge in [0.25, 0.3) is 0 Å². The topological polar surface area (TPSA) is 80.7 Å².